The largest absolute Gasteiger partial charge is 0.510 e. The molecule has 0 N–H and O–H groups in total. The molecular formula is C67H60N4OPt-2. The normalized spacial score (nSPS) is 13.1. The van der Waals surface area contributed by atoms with Crippen LogP contribution in [0.15, 0.2) is 188 Å². The SMILES string of the molecule is [2H]c1c([2H])c([2H])c(-c2cccc(-c3cc(C(C)(C)C)cc(C(C)(C)C)c3)c2-[n+]2[c-]n(-c3[c-]c(Oc4[c-]c5c(cc4)c4ccccc4n5-c4cc(CC(C)(C)C)ccn4)ccc3)c3cc(-c4ccccc4)ccc32)c([2H])c1[2H].[Pt]. The molecule has 366 valence electrons. The van der Waals surface area contributed by atoms with Gasteiger partial charge in [-0.2, -0.15) is 18.2 Å². The molecule has 11 rings (SSSR count). The molecule has 0 aliphatic carbocycles. The van der Waals surface area contributed by atoms with Crippen LogP contribution in [0.4, 0.5) is 0 Å². The monoisotopic (exact) mass is 1140 g/mol. The second-order valence-corrected chi connectivity index (χ2v) is 22.0. The molecule has 0 amide bonds. The molecule has 0 aliphatic heterocycles. The molecule has 0 radical (unpaired) electrons. The van der Waals surface area contributed by atoms with Crippen molar-refractivity contribution in [2.24, 2.45) is 5.41 Å². The zero-order valence-electron chi connectivity index (χ0n) is 47.7. The van der Waals surface area contributed by atoms with E-state index in [2.05, 4.69) is 176 Å². The number of para-hydroxylation sites is 2. The number of fused-ring (bicyclic) bond motifs is 4. The van der Waals surface area contributed by atoms with Gasteiger partial charge in [0.15, 0.2) is 0 Å². The molecule has 11 aromatic rings. The van der Waals surface area contributed by atoms with Crippen molar-refractivity contribution >= 4 is 32.8 Å². The van der Waals surface area contributed by atoms with Gasteiger partial charge < -0.3 is 13.9 Å². The number of ether oxygens (including phenoxy) is 1. The van der Waals surface area contributed by atoms with E-state index in [1.807, 2.05) is 76.0 Å². The number of nitrogens with zero attached hydrogens (tertiary/aromatic N) is 4. The maximum absolute atomic E-state index is 9.32. The Morgan fingerprint density at radius 2 is 1.26 bits per heavy atom. The Morgan fingerprint density at radius 1 is 0.575 bits per heavy atom. The summed E-state index contributed by atoms with van der Waals surface area (Å²) >= 11 is 0. The van der Waals surface area contributed by atoms with Crippen LogP contribution in [-0.2, 0) is 38.3 Å². The maximum Gasteiger partial charge on any atom is 0.268 e. The molecule has 0 saturated heterocycles. The van der Waals surface area contributed by atoms with Gasteiger partial charge in [0.2, 0.25) is 0 Å². The second kappa shape index (κ2) is 19.3. The van der Waals surface area contributed by atoms with E-state index in [1.165, 1.54) is 5.56 Å². The summed E-state index contributed by atoms with van der Waals surface area (Å²) in [6.45, 7) is 20.0. The number of imidazole rings is 1. The third-order valence-electron chi connectivity index (χ3n) is 13.3. The smallest absolute Gasteiger partial charge is 0.268 e. The Kier molecular flexibility index (Phi) is 11.4. The van der Waals surface area contributed by atoms with Gasteiger partial charge >= 0.3 is 0 Å². The van der Waals surface area contributed by atoms with E-state index < -0.39 is 18.1 Å². The van der Waals surface area contributed by atoms with Gasteiger partial charge in [-0.05, 0) is 108 Å². The fourth-order valence-corrected chi connectivity index (χ4v) is 9.74. The Hall–Kier alpha value is -7.33. The van der Waals surface area contributed by atoms with E-state index in [1.54, 1.807) is 0 Å². The predicted molar refractivity (Wildman–Crippen MR) is 297 cm³/mol. The van der Waals surface area contributed by atoms with Crippen molar-refractivity contribution in [1.29, 1.82) is 0 Å². The Labute approximate surface area is 452 Å². The number of benzene rings is 8. The van der Waals surface area contributed by atoms with E-state index in [9.17, 15) is 2.74 Å². The fraction of sp³-hybridized carbons (Fsp3) is 0.194. The van der Waals surface area contributed by atoms with Crippen LogP contribution in [0.5, 0.6) is 11.5 Å². The maximum atomic E-state index is 9.32. The van der Waals surface area contributed by atoms with Gasteiger partial charge in [0.25, 0.3) is 6.33 Å². The van der Waals surface area contributed by atoms with Crippen molar-refractivity contribution in [3.63, 3.8) is 0 Å². The summed E-state index contributed by atoms with van der Waals surface area (Å²) in [5.74, 6) is 1.78. The summed E-state index contributed by atoms with van der Waals surface area (Å²) < 4.78 is 57.7. The van der Waals surface area contributed by atoms with Crippen LogP contribution < -0.4 is 9.30 Å². The zero-order valence-corrected chi connectivity index (χ0v) is 45.0. The first kappa shape index (κ1) is 43.3. The summed E-state index contributed by atoms with van der Waals surface area (Å²) in [5.41, 5.74) is 12.2. The van der Waals surface area contributed by atoms with Gasteiger partial charge in [0, 0.05) is 44.3 Å². The molecule has 6 heteroatoms. The third kappa shape index (κ3) is 9.84. The molecule has 0 fully saturated rings. The van der Waals surface area contributed by atoms with Crippen molar-refractivity contribution < 1.29 is 37.2 Å². The number of hydrogen-bond acceptors (Lipinski definition) is 2. The molecule has 3 heterocycles. The Morgan fingerprint density at radius 3 is 1.99 bits per heavy atom. The van der Waals surface area contributed by atoms with Crippen LogP contribution in [0, 0.1) is 23.9 Å². The molecule has 0 spiro atoms. The van der Waals surface area contributed by atoms with Gasteiger partial charge in [0.05, 0.1) is 23.6 Å². The van der Waals surface area contributed by atoms with E-state index in [4.69, 9.17) is 13.8 Å². The molecular weight excluding hydrogens is 1070 g/mol. The first-order chi connectivity index (χ1) is 36.6. The van der Waals surface area contributed by atoms with Gasteiger partial charge in [-0.25, -0.2) is 4.98 Å². The van der Waals surface area contributed by atoms with Crippen LogP contribution in [0.3, 0.4) is 0 Å². The summed E-state index contributed by atoms with van der Waals surface area (Å²) in [6, 6.07) is 56.8. The van der Waals surface area contributed by atoms with Gasteiger partial charge in [0.1, 0.15) is 5.82 Å². The Bertz CT molecular complexity index is 4060. The van der Waals surface area contributed by atoms with E-state index in [0.717, 1.165) is 78.5 Å². The molecule has 0 unspecified atom stereocenters. The molecule has 0 bridgehead atoms. The van der Waals surface area contributed by atoms with Gasteiger partial charge in [-0.1, -0.05) is 195 Å². The van der Waals surface area contributed by atoms with Gasteiger partial charge in [-0.3, -0.25) is 4.57 Å². The average Bonchev–Trinajstić information content (AvgIpc) is 3.98. The number of aromatic nitrogens is 4. The summed E-state index contributed by atoms with van der Waals surface area (Å²) in [6.07, 6.45) is 6.53. The number of pyridine rings is 1. The molecule has 0 aliphatic rings. The summed E-state index contributed by atoms with van der Waals surface area (Å²) in [5, 5.41) is 2.12. The first-order valence-electron chi connectivity index (χ1n) is 27.2. The Balaban J connectivity index is 0.00000688. The van der Waals surface area contributed by atoms with Crippen LogP contribution in [0.1, 0.15) is 85.9 Å². The quantitative estimate of drug-likeness (QED) is 0.107. The van der Waals surface area contributed by atoms with Crippen molar-refractivity contribution in [3.8, 4) is 62.1 Å². The minimum Gasteiger partial charge on any atom is -0.510 e. The van der Waals surface area contributed by atoms with Crippen molar-refractivity contribution in [2.45, 2.75) is 79.6 Å². The molecule has 5 nitrogen and oxygen atoms in total. The molecule has 3 aromatic heterocycles. The van der Waals surface area contributed by atoms with Crippen LogP contribution in [-0.4, -0.2) is 14.1 Å². The number of rotatable bonds is 9. The summed E-state index contributed by atoms with van der Waals surface area (Å²) in [7, 11) is 0. The minimum absolute atomic E-state index is 0. The number of hydrogen-bond donors (Lipinski definition) is 0. The van der Waals surface area contributed by atoms with Crippen LogP contribution >= 0.6 is 0 Å². The second-order valence-electron chi connectivity index (χ2n) is 22.0. The molecule has 0 saturated carbocycles. The first-order valence-corrected chi connectivity index (χ1v) is 24.7. The summed E-state index contributed by atoms with van der Waals surface area (Å²) in [4.78, 5) is 4.88. The van der Waals surface area contributed by atoms with Crippen molar-refractivity contribution in [3.05, 3.63) is 223 Å². The molecule has 8 aromatic carbocycles. The fourth-order valence-electron chi connectivity index (χ4n) is 9.74. The van der Waals surface area contributed by atoms with E-state index in [0.29, 0.717) is 28.4 Å². The van der Waals surface area contributed by atoms with Crippen molar-refractivity contribution in [2.75, 3.05) is 0 Å². The van der Waals surface area contributed by atoms with E-state index in [-0.39, 0.29) is 55.0 Å². The molecule has 0 atom stereocenters. The van der Waals surface area contributed by atoms with Crippen LogP contribution in [0.25, 0.3) is 83.4 Å². The van der Waals surface area contributed by atoms with Crippen molar-refractivity contribution in [1.82, 2.24) is 14.1 Å². The third-order valence-corrected chi connectivity index (χ3v) is 13.3. The van der Waals surface area contributed by atoms with Crippen LogP contribution in [0.2, 0.25) is 0 Å². The average molecular weight is 1140 g/mol. The topological polar surface area (TPSA) is 35.9 Å². The van der Waals surface area contributed by atoms with Gasteiger partial charge in [-0.15, -0.1) is 29.7 Å². The standard InChI is InChI=1S/C67H60N4O.Pt/c1-65(2,3)43-45-34-35-68-63(36-45)71-59-29-17-16-26-57(59)58-32-31-54(42-61(58)71)72-53-25-18-24-52(41-53)69-44-70(60-33-30-48(39-62(60)69)46-20-12-10-13-21-46)64-55(47-22-14-11-15-23-47)27-19-28-56(64)49-37-50(66(4,5)6)40-51(38-49)67(7,8)9;/h10-40H,43H2,1-9H3;/q-2;/i11D,14D,15D,22D,23D;. The molecule has 73 heavy (non-hydrogen) atoms. The zero-order chi connectivity index (χ0) is 54.3. The predicted octanol–water partition coefficient (Wildman–Crippen LogP) is 16.8. The van der Waals surface area contributed by atoms with E-state index >= 15 is 0 Å². The minimum atomic E-state index is -0.450.